The topological polar surface area (TPSA) is 9.23 Å². The first-order valence-corrected chi connectivity index (χ1v) is 7.50. The van der Waals surface area contributed by atoms with Gasteiger partial charge in [0.05, 0.1) is 0 Å². The summed E-state index contributed by atoms with van der Waals surface area (Å²) in [6.45, 7) is 6.20. The normalized spacial score (nSPS) is 23.2. The fourth-order valence-corrected chi connectivity index (χ4v) is 3.98. The van der Waals surface area contributed by atoms with Crippen molar-refractivity contribution in [1.29, 1.82) is 0 Å². The van der Waals surface area contributed by atoms with E-state index in [1.54, 1.807) is 6.07 Å². The third-order valence-corrected chi connectivity index (χ3v) is 5.16. The van der Waals surface area contributed by atoms with Crippen LogP contribution < -0.4 is 4.74 Å². The van der Waals surface area contributed by atoms with Crippen LogP contribution in [0.5, 0.6) is 5.75 Å². The minimum absolute atomic E-state index is 0.0889. The Kier molecular flexibility index (Phi) is 4.36. The first-order valence-electron chi connectivity index (χ1n) is 7.50. The van der Waals surface area contributed by atoms with Gasteiger partial charge in [-0.05, 0) is 41.9 Å². The molecule has 0 heterocycles. The number of hydrogen-bond donors (Lipinski definition) is 0. The van der Waals surface area contributed by atoms with Crippen LogP contribution in [0.4, 0.5) is 8.78 Å². The molecule has 0 N–H and O–H groups in total. The summed E-state index contributed by atoms with van der Waals surface area (Å²) >= 11 is 0. The van der Waals surface area contributed by atoms with Gasteiger partial charge in [-0.3, -0.25) is 0 Å². The Labute approximate surface area is 120 Å². The average Bonchev–Trinajstić information content (AvgIpc) is 2.79. The summed E-state index contributed by atoms with van der Waals surface area (Å²) in [7, 11) is 0. The summed E-state index contributed by atoms with van der Waals surface area (Å²) in [5, 5.41) is 0. The Morgan fingerprint density at radius 1 is 1.25 bits per heavy atom. The van der Waals surface area contributed by atoms with Gasteiger partial charge in [0.2, 0.25) is 0 Å². The van der Waals surface area contributed by atoms with E-state index in [2.05, 4.69) is 33.8 Å². The lowest BCUT2D eigenvalue weighted by Crippen LogP contribution is -2.36. The van der Waals surface area contributed by atoms with Crippen molar-refractivity contribution in [3.05, 3.63) is 29.3 Å². The number of fused-ring (bicyclic) bond motifs is 1. The maximum Gasteiger partial charge on any atom is 0.387 e. The van der Waals surface area contributed by atoms with Crippen LogP contribution in [0.15, 0.2) is 18.2 Å². The van der Waals surface area contributed by atoms with E-state index in [4.69, 9.17) is 4.74 Å². The predicted molar refractivity (Wildman–Crippen MR) is 77.4 cm³/mol. The summed E-state index contributed by atoms with van der Waals surface area (Å²) in [6.07, 6.45) is 2.96. The molecule has 2 unspecified atom stereocenters. The number of rotatable bonds is 5. The first-order chi connectivity index (χ1) is 9.43. The minimum atomic E-state index is -2.75. The van der Waals surface area contributed by atoms with Crippen LogP contribution in [0.1, 0.15) is 51.7 Å². The van der Waals surface area contributed by atoms with E-state index in [-0.39, 0.29) is 5.41 Å². The molecule has 2 rings (SSSR count). The lowest BCUT2D eigenvalue weighted by molar-refractivity contribution is -0.0504. The monoisotopic (exact) mass is 282 g/mol. The highest BCUT2D eigenvalue weighted by atomic mass is 19.3. The van der Waals surface area contributed by atoms with Crippen molar-refractivity contribution in [2.75, 3.05) is 0 Å². The van der Waals surface area contributed by atoms with E-state index < -0.39 is 6.61 Å². The zero-order chi connectivity index (χ0) is 14.9. The molecule has 0 saturated heterocycles. The molecule has 0 bridgehead atoms. The highest BCUT2D eigenvalue weighted by molar-refractivity contribution is 5.49. The molecule has 20 heavy (non-hydrogen) atoms. The van der Waals surface area contributed by atoms with E-state index in [0.717, 1.165) is 24.8 Å². The third-order valence-electron chi connectivity index (χ3n) is 5.16. The van der Waals surface area contributed by atoms with Gasteiger partial charge in [-0.2, -0.15) is 8.78 Å². The van der Waals surface area contributed by atoms with E-state index in [0.29, 0.717) is 17.6 Å². The van der Waals surface area contributed by atoms with E-state index in [1.807, 2.05) is 6.07 Å². The molecule has 0 fully saturated rings. The Bertz CT molecular complexity index is 470. The molecule has 2 atom stereocenters. The third kappa shape index (κ3) is 2.32. The number of ether oxygens (including phenoxy) is 1. The van der Waals surface area contributed by atoms with Crippen molar-refractivity contribution in [3.63, 3.8) is 0 Å². The average molecular weight is 282 g/mol. The van der Waals surface area contributed by atoms with E-state index in [1.165, 1.54) is 5.56 Å². The lowest BCUT2D eigenvalue weighted by atomic mass is 9.64. The summed E-state index contributed by atoms with van der Waals surface area (Å²) in [5.74, 6) is 1.38. The second-order valence-corrected chi connectivity index (χ2v) is 6.17. The smallest absolute Gasteiger partial charge is 0.387 e. The Morgan fingerprint density at radius 2 is 1.95 bits per heavy atom. The van der Waals surface area contributed by atoms with Gasteiger partial charge in [0.15, 0.2) is 0 Å². The molecule has 0 spiro atoms. The van der Waals surface area contributed by atoms with Crippen LogP contribution in [0, 0.1) is 11.8 Å². The molecule has 1 aromatic rings. The highest BCUT2D eigenvalue weighted by Gasteiger charge is 2.45. The summed E-state index contributed by atoms with van der Waals surface area (Å²) in [6, 6.07) is 5.62. The van der Waals surface area contributed by atoms with Gasteiger partial charge in [-0.15, -0.1) is 0 Å². The fourth-order valence-electron chi connectivity index (χ4n) is 3.98. The summed E-state index contributed by atoms with van der Waals surface area (Å²) in [5.41, 5.74) is 2.30. The Morgan fingerprint density at radius 3 is 2.50 bits per heavy atom. The molecule has 1 aliphatic rings. The van der Waals surface area contributed by atoms with Crippen LogP contribution in [-0.2, 0) is 11.8 Å². The van der Waals surface area contributed by atoms with E-state index >= 15 is 0 Å². The van der Waals surface area contributed by atoms with Crippen LogP contribution in [0.3, 0.4) is 0 Å². The largest absolute Gasteiger partial charge is 0.435 e. The molecule has 1 nitrogen and oxygen atoms in total. The molecule has 3 heteroatoms. The maximum absolute atomic E-state index is 12.5. The fraction of sp³-hybridized carbons (Fsp3) is 0.647. The number of halogens is 2. The Hall–Kier alpha value is -1.12. The Balaban J connectivity index is 2.50. The maximum atomic E-state index is 12.5. The molecular formula is C17H24F2O. The molecular weight excluding hydrogens is 258 g/mol. The van der Waals surface area contributed by atoms with Crippen molar-refractivity contribution in [3.8, 4) is 5.75 Å². The molecule has 1 aliphatic carbocycles. The molecule has 0 aromatic heterocycles. The molecule has 0 saturated carbocycles. The first kappa shape index (κ1) is 15.3. The van der Waals surface area contributed by atoms with Crippen LogP contribution in [0.2, 0.25) is 0 Å². The van der Waals surface area contributed by atoms with Crippen molar-refractivity contribution >= 4 is 0 Å². The number of benzene rings is 1. The van der Waals surface area contributed by atoms with Gasteiger partial charge in [-0.25, -0.2) is 0 Å². The molecule has 0 aliphatic heterocycles. The zero-order valence-corrected chi connectivity index (χ0v) is 12.7. The van der Waals surface area contributed by atoms with Gasteiger partial charge in [0, 0.05) is 5.41 Å². The second kappa shape index (κ2) is 5.71. The number of alkyl halides is 2. The summed E-state index contributed by atoms with van der Waals surface area (Å²) in [4.78, 5) is 0. The summed E-state index contributed by atoms with van der Waals surface area (Å²) < 4.78 is 29.8. The van der Waals surface area contributed by atoms with Crippen LogP contribution in [0.25, 0.3) is 0 Å². The van der Waals surface area contributed by atoms with Crippen LogP contribution >= 0.6 is 0 Å². The van der Waals surface area contributed by atoms with Crippen LogP contribution in [-0.4, -0.2) is 6.61 Å². The SMILES string of the molecule is CCC(C)C1(C(C)C)CCc2c(OC(F)F)cccc21. The van der Waals surface area contributed by atoms with Gasteiger partial charge in [-0.1, -0.05) is 46.2 Å². The highest BCUT2D eigenvalue weighted by Crippen LogP contribution is 2.52. The predicted octanol–water partition coefficient (Wildman–Crippen LogP) is 5.17. The molecule has 0 amide bonds. The van der Waals surface area contributed by atoms with Gasteiger partial charge < -0.3 is 4.74 Å². The van der Waals surface area contributed by atoms with Gasteiger partial charge >= 0.3 is 6.61 Å². The molecule has 1 aromatic carbocycles. The minimum Gasteiger partial charge on any atom is -0.435 e. The van der Waals surface area contributed by atoms with Crippen molar-refractivity contribution in [1.82, 2.24) is 0 Å². The zero-order valence-electron chi connectivity index (χ0n) is 12.7. The molecule has 0 radical (unpaired) electrons. The standard InChI is InChI=1S/C17H24F2O/c1-5-12(4)17(11(2)3)10-9-13-14(17)7-6-8-15(13)20-16(18)19/h6-8,11-12,16H,5,9-10H2,1-4H3. The van der Waals surface area contributed by atoms with Gasteiger partial charge in [0.1, 0.15) is 5.75 Å². The molecule has 112 valence electrons. The van der Waals surface area contributed by atoms with E-state index in [9.17, 15) is 8.78 Å². The van der Waals surface area contributed by atoms with Crippen molar-refractivity contribution in [2.45, 2.75) is 59.0 Å². The lowest BCUT2D eigenvalue weighted by Gasteiger charge is -2.40. The second-order valence-electron chi connectivity index (χ2n) is 6.17. The van der Waals surface area contributed by atoms with Crippen molar-refractivity contribution in [2.24, 2.45) is 11.8 Å². The van der Waals surface area contributed by atoms with Gasteiger partial charge in [0.25, 0.3) is 0 Å². The number of hydrogen-bond acceptors (Lipinski definition) is 1. The van der Waals surface area contributed by atoms with Crippen molar-refractivity contribution < 1.29 is 13.5 Å². The quantitative estimate of drug-likeness (QED) is 0.723.